The van der Waals surface area contributed by atoms with Crippen molar-refractivity contribution in [2.24, 2.45) is 0 Å². The van der Waals surface area contributed by atoms with Gasteiger partial charge in [-0.1, -0.05) is 36.4 Å². The van der Waals surface area contributed by atoms with Gasteiger partial charge in [0.1, 0.15) is 5.75 Å². The maximum absolute atomic E-state index is 11.1. The van der Waals surface area contributed by atoms with Crippen molar-refractivity contribution in [1.29, 1.82) is 0 Å². The number of benzene rings is 2. The minimum atomic E-state index is -0.0164. The molecule has 1 unspecified atom stereocenters. The quantitative estimate of drug-likeness (QED) is 0.891. The number of carbonyl (C=O) groups is 1. The average Bonchev–Trinajstić information content (AvgIpc) is 2.47. The summed E-state index contributed by atoms with van der Waals surface area (Å²) in [5.74, 6) is 0.868. The van der Waals surface area contributed by atoms with Gasteiger partial charge in [0.15, 0.2) is 0 Å². The van der Waals surface area contributed by atoms with E-state index in [1.807, 2.05) is 32.9 Å². The fourth-order valence-electron chi connectivity index (χ4n) is 2.35. The zero-order valence-corrected chi connectivity index (χ0v) is 13.6. The topological polar surface area (TPSA) is 38.3 Å². The van der Waals surface area contributed by atoms with Crippen LogP contribution >= 0.6 is 0 Å². The van der Waals surface area contributed by atoms with Crippen molar-refractivity contribution >= 4 is 5.91 Å². The second-order valence-electron chi connectivity index (χ2n) is 5.74. The van der Waals surface area contributed by atoms with Gasteiger partial charge in [-0.05, 0) is 49.6 Å². The molecule has 3 nitrogen and oxygen atoms in total. The van der Waals surface area contributed by atoms with Crippen molar-refractivity contribution in [1.82, 2.24) is 5.32 Å². The van der Waals surface area contributed by atoms with E-state index in [0.717, 1.165) is 22.4 Å². The molecule has 0 aliphatic heterocycles. The van der Waals surface area contributed by atoms with Crippen LogP contribution in [0.2, 0.25) is 0 Å². The van der Waals surface area contributed by atoms with Crippen LogP contribution in [0.25, 0.3) is 11.1 Å². The normalized spacial score (nSPS) is 12.0. The largest absolute Gasteiger partial charge is 0.491 e. The highest BCUT2D eigenvalue weighted by Gasteiger charge is 2.07. The summed E-state index contributed by atoms with van der Waals surface area (Å²) in [4.78, 5) is 11.1. The molecule has 0 aliphatic rings. The lowest BCUT2D eigenvalue weighted by atomic mass is 10.0. The summed E-state index contributed by atoms with van der Waals surface area (Å²) in [5, 5.41) is 2.89. The van der Waals surface area contributed by atoms with E-state index in [0.29, 0.717) is 0 Å². The van der Waals surface area contributed by atoms with Gasteiger partial charge in [-0.3, -0.25) is 4.79 Å². The monoisotopic (exact) mass is 297 g/mol. The molecule has 0 heterocycles. The minimum absolute atomic E-state index is 0.0164. The average molecular weight is 297 g/mol. The Balaban J connectivity index is 2.11. The van der Waals surface area contributed by atoms with Gasteiger partial charge in [0.2, 0.25) is 5.91 Å². The van der Waals surface area contributed by atoms with E-state index < -0.39 is 0 Å². The van der Waals surface area contributed by atoms with E-state index in [2.05, 4.69) is 41.7 Å². The lowest BCUT2D eigenvalue weighted by Gasteiger charge is -2.14. The molecule has 0 aliphatic carbocycles. The van der Waals surface area contributed by atoms with Crippen LogP contribution in [0.4, 0.5) is 0 Å². The maximum atomic E-state index is 11.1. The molecule has 0 spiro atoms. The second-order valence-corrected chi connectivity index (χ2v) is 5.74. The lowest BCUT2D eigenvalue weighted by Crippen LogP contribution is -2.23. The van der Waals surface area contributed by atoms with Crippen LogP contribution in [0.15, 0.2) is 48.5 Å². The highest BCUT2D eigenvalue weighted by Crippen LogP contribution is 2.24. The van der Waals surface area contributed by atoms with E-state index in [1.54, 1.807) is 0 Å². The van der Waals surface area contributed by atoms with E-state index in [4.69, 9.17) is 4.74 Å². The number of ether oxygens (including phenoxy) is 1. The summed E-state index contributed by atoms with van der Waals surface area (Å²) in [5.41, 5.74) is 3.39. The summed E-state index contributed by atoms with van der Waals surface area (Å²) < 4.78 is 5.65. The zero-order valence-electron chi connectivity index (χ0n) is 13.6. The van der Waals surface area contributed by atoms with Gasteiger partial charge in [-0.2, -0.15) is 0 Å². The third-order valence-electron chi connectivity index (χ3n) is 3.39. The number of hydrogen-bond acceptors (Lipinski definition) is 2. The van der Waals surface area contributed by atoms with Crippen LogP contribution in [0.5, 0.6) is 5.75 Å². The molecule has 116 valence electrons. The van der Waals surface area contributed by atoms with Crippen molar-refractivity contribution in [3.8, 4) is 16.9 Å². The zero-order chi connectivity index (χ0) is 16.1. The molecular weight excluding hydrogens is 274 g/mol. The molecule has 1 amide bonds. The first-order valence-corrected chi connectivity index (χ1v) is 7.60. The van der Waals surface area contributed by atoms with Crippen molar-refractivity contribution < 1.29 is 9.53 Å². The summed E-state index contributed by atoms with van der Waals surface area (Å²) >= 11 is 0. The van der Waals surface area contributed by atoms with Gasteiger partial charge in [0, 0.05) is 6.92 Å². The Kier molecular flexibility index (Phi) is 5.21. The summed E-state index contributed by atoms with van der Waals surface area (Å²) in [6, 6.07) is 16.4. The van der Waals surface area contributed by atoms with Gasteiger partial charge < -0.3 is 10.1 Å². The lowest BCUT2D eigenvalue weighted by molar-refractivity contribution is -0.119. The molecule has 2 aromatic carbocycles. The van der Waals surface area contributed by atoms with E-state index in [1.165, 1.54) is 6.92 Å². The second kappa shape index (κ2) is 7.12. The third kappa shape index (κ3) is 4.35. The predicted molar refractivity (Wildman–Crippen MR) is 89.9 cm³/mol. The first-order valence-electron chi connectivity index (χ1n) is 7.60. The molecule has 2 rings (SSSR count). The highest BCUT2D eigenvalue weighted by atomic mass is 16.5. The first-order chi connectivity index (χ1) is 10.5. The molecule has 0 fully saturated rings. The molecule has 22 heavy (non-hydrogen) atoms. The van der Waals surface area contributed by atoms with Gasteiger partial charge in [0.25, 0.3) is 0 Å². The molecule has 0 aromatic heterocycles. The van der Waals surface area contributed by atoms with E-state index in [9.17, 15) is 4.79 Å². The fraction of sp³-hybridized carbons (Fsp3) is 0.316. The molecule has 3 heteroatoms. The van der Waals surface area contributed by atoms with Gasteiger partial charge in [-0.25, -0.2) is 0 Å². The first kappa shape index (κ1) is 16.1. The Hall–Kier alpha value is -2.29. The van der Waals surface area contributed by atoms with Gasteiger partial charge >= 0.3 is 0 Å². The maximum Gasteiger partial charge on any atom is 0.217 e. The van der Waals surface area contributed by atoms with Gasteiger partial charge in [-0.15, -0.1) is 0 Å². The number of amides is 1. The Morgan fingerprint density at radius 1 is 0.909 bits per heavy atom. The molecule has 0 radical (unpaired) electrons. The van der Waals surface area contributed by atoms with Crippen LogP contribution in [-0.4, -0.2) is 12.0 Å². The minimum Gasteiger partial charge on any atom is -0.491 e. The smallest absolute Gasteiger partial charge is 0.217 e. The van der Waals surface area contributed by atoms with Crippen molar-refractivity contribution in [3.63, 3.8) is 0 Å². The van der Waals surface area contributed by atoms with Gasteiger partial charge in [0.05, 0.1) is 12.1 Å². The number of carbonyl (C=O) groups excluding carboxylic acids is 1. The van der Waals surface area contributed by atoms with Crippen LogP contribution in [-0.2, 0) is 4.79 Å². The van der Waals surface area contributed by atoms with Crippen molar-refractivity contribution in [3.05, 3.63) is 54.1 Å². The molecule has 0 saturated heterocycles. The third-order valence-corrected chi connectivity index (χ3v) is 3.39. The number of hydrogen-bond donors (Lipinski definition) is 1. The van der Waals surface area contributed by atoms with Crippen LogP contribution in [0.1, 0.15) is 39.3 Å². The van der Waals surface area contributed by atoms with Crippen LogP contribution < -0.4 is 10.1 Å². The molecule has 1 atom stereocenters. The van der Waals surface area contributed by atoms with Crippen molar-refractivity contribution in [2.75, 3.05) is 0 Å². The molecule has 2 aromatic rings. The Bertz CT molecular complexity index is 615. The standard InChI is InChI=1S/C19H23NO2/c1-13(2)22-19-11-9-18(10-12-19)17-7-5-16(6-8-17)14(3)20-15(4)21/h5-14H,1-4H3,(H,20,21). The molecule has 0 bridgehead atoms. The van der Waals surface area contributed by atoms with Crippen molar-refractivity contribution in [2.45, 2.75) is 39.8 Å². The molecular formula is C19H23NO2. The number of rotatable bonds is 5. The summed E-state index contributed by atoms with van der Waals surface area (Å²) in [7, 11) is 0. The van der Waals surface area contributed by atoms with Crippen LogP contribution in [0.3, 0.4) is 0 Å². The van der Waals surface area contributed by atoms with E-state index >= 15 is 0 Å². The number of nitrogens with one attached hydrogen (secondary N) is 1. The SMILES string of the molecule is CC(=O)NC(C)c1ccc(-c2ccc(OC(C)C)cc2)cc1. The molecule has 0 saturated carbocycles. The predicted octanol–water partition coefficient (Wildman–Crippen LogP) is 4.34. The van der Waals surface area contributed by atoms with E-state index in [-0.39, 0.29) is 18.1 Å². The van der Waals surface area contributed by atoms with Crippen LogP contribution in [0, 0.1) is 0 Å². The fourth-order valence-corrected chi connectivity index (χ4v) is 2.35. The summed E-state index contributed by atoms with van der Waals surface area (Å²) in [6.07, 6.45) is 0.181. The Morgan fingerprint density at radius 3 is 1.86 bits per heavy atom. The Morgan fingerprint density at radius 2 is 1.41 bits per heavy atom. The molecule has 1 N–H and O–H groups in total. The summed E-state index contributed by atoms with van der Waals surface area (Å²) in [6.45, 7) is 7.55. The Labute approximate surface area is 132 Å². The highest BCUT2D eigenvalue weighted by molar-refractivity contribution is 5.73.